The number of nitrogens with two attached hydrogens (primary N) is 1. The minimum absolute atomic E-state index is 0.192. The number of alkyl halides is 3. The van der Waals surface area contributed by atoms with E-state index in [2.05, 4.69) is 20.2 Å². The molecule has 0 fully saturated rings. The first-order chi connectivity index (χ1) is 16.5. The molecular weight excluding hydrogens is 503 g/mol. The van der Waals surface area contributed by atoms with E-state index < -0.39 is 23.9 Å². The predicted molar refractivity (Wildman–Crippen MR) is 114 cm³/mol. The molecule has 190 valence electrons. The number of nitrogens with zero attached hydrogens (tertiary/aromatic N) is 4. The average molecular weight is 522 g/mol. The van der Waals surface area contributed by atoms with E-state index in [0.717, 1.165) is 15.3 Å². The van der Waals surface area contributed by atoms with E-state index in [0.29, 0.717) is 12.6 Å². The molecule has 0 saturated carbocycles. The molecule has 10 nitrogen and oxygen atoms in total. The van der Waals surface area contributed by atoms with Gasteiger partial charge in [-0.3, -0.25) is 4.57 Å². The van der Waals surface area contributed by atoms with Crippen LogP contribution in [0, 0.1) is 0 Å². The van der Waals surface area contributed by atoms with E-state index >= 15 is 0 Å². The first-order valence-electron chi connectivity index (χ1n) is 9.67. The third-order valence-corrected chi connectivity index (χ3v) is 5.25. The Labute approximate surface area is 197 Å². The van der Waals surface area contributed by atoms with Gasteiger partial charge in [0.15, 0.2) is 0 Å². The quantitative estimate of drug-likeness (QED) is 0.383. The lowest BCUT2D eigenvalue weighted by Crippen LogP contribution is -2.21. The van der Waals surface area contributed by atoms with Gasteiger partial charge in [-0.05, 0) is 19.1 Å². The van der Waals surface area contributed by atoms with Gasteiger partial charge >= 0.3 is 23.8 Å². The number of ether oxygens (including phenoxy) is 1. The van der Waals surface area contributed by atoms with Gasteiger partial charge in [-0.25, -0.2) is 24.7 Å². The van der Waals surface area contributed by atoms with Crippen LogP contribution in [0.3, 0.4) is 0 Å². The van der Waals surface area contributed by atoms with E-state index in [4.69, 9.17) is 20.4 Å². The van der Waals surface area contributed by atoms with Crippen LogP contribution in [0.1, 0.15) is 17.6 Å². The molecule has 0 radical (unpaired) electrons. The zero-order valence-corrected chi connectivity index (χ0v) is 18.8. The summed E-state index contributed by atoms with van der Waals surface area (Å²) in [5, 5.41) is 13.3. The van der Waals surface area contributed by atoms with Crippen LogP contribution in [0.2, 0.25) is 0 Å². The van der Waals surface area contributed by atoms with Gasteiger partial charge in [0, 0.05) is 46.3 Å². The van der Waals surface area contributed by atoms with Crippen LogP contribution in [-0.2, 0) is 17.8 Å². The maximum absolute atomic E-state index is 12.9. The van der Waals surface area contributed by atoms with Crippen molar-refractivity contribution in [1.29, 1.82) is 0 Å². The molecule has 0 aliphatic rings. The molecule has 3 heterocycles. The highest BCUT2D eigenvalue weighted by molar-refractivity contribution is 7.15. The molecule has 0 aliphatic carbocycles. The number of nitrogens with one attached hydrogen (secondary N) is 1. The molecule has 4 N–H and O–H groups in total. The van der Waals surface area contributed by atoms with Crippen molar-refractivity contribution >= 4 is 17.3 Å². The number of hydrogen-bond acceptors (Lipinski definition) is 8. The van der Waals surface area contributed by atoms with E-state index in [1.165, 1.54) is 15.9 Å². The number of halogens is 5. The fourth-order valence-electron chi connectivity index (χ4n) is 2.48. The zero-order valence-electron chi connectivity index (χ0n) is 18.0. The van der Waals surface area contributed by atoms with Gasteiger partial charge in [0.2, 0.25) is 0 Å². The lowest BCUT2D eigenvalue weighted by atomic mass is 10.2. The maximum Gasteiger partial charge on any atom is 0.490 e. The number of carbonyl (C=O) groups is 1. The SMILES string of the molecule is CCOc1ncc(-c2ccc(Cn3c(CC(CN)=C(F)F)n[nH]c3=O)s2)cn1.O=C(O)C(F)(F)F. The fourth-order valence-corrected chi connectivity index (χ4v) is 3.45. The van der Waals surface area contributed by atoms with Crippen LogP contribution in [0.4, 0.5) is 22.0 Å². The third-order valence-electron chi connectivity index (χ3n) is 4.13. The Morgan fingerprint density at radius 2 is 1.89 bits per heavy atom. The molecule has 35 heavy (non-hydrogen) atoms. The Balaban J connectivity index is 0.000000540. The van der Waals surface area contributed by atoms with Crippen molar-refractivity contribution in [2.75, 3.05) is 13.2 Å². The van der Waals surface area contributed by atoms with E-state index in [9.17, 15) is 26.7 Å². The number of aromatic amines is 1. The van der Waals surface area contributed by atoms with E-state index in [1.807, 2.05) is 19.1 Å². The highest BCUT2D eigenvalue weighted by Gasteiger charge is 2.38. The summed E-state index contributed by atoms with van der Waals surface area (Å²) in [5.74, 6) is -2.55. The maximum atomic E-state index is 12.9. The molecule has 16 heteroatoms. The summed E-state index contributed by atoms with van der Waals surface area (Å²) in [6, 6.07) is 4.05. The van der Waals surface area contributed by atoms with Crippen molar-refractivity contribution < 1.29 is 36.6 Å². The number of hydrogen-bond donors (Lipinski definition) is 3. The third kappa shape index (κ3) is 7.96. The van der Waals surface area contributed by atoms with Crippen LogP contribution in [0.15, 0.2) is 41.0 Å². The standard InChI is InChI=1S/C17H18F2N6O2S.C2HF3O2/c1-2-27-16-21-7-11(8-22-16)13-4-3-12(28-13)9-25-14(23-24-17(25)26)5-10(6-20)15(18)19;3-2(4,5)1(6)7/h3-4,7-8H,2,5-6,9,20H2,1H3,(H,24,26);(H,6,7). The van der Waals surface area contributed by atoms with Gasteiger partial charge in [-0.1, -0.05) is 0 Å². The van der Waals surface area contributed by atoms with Crippen molar-refractivity contribution in [3.63, 3.8) is 0 Å². The van der Waals surface area contributed by atoms with Crippen molar-refractivity contribution in [3.8, 4) is 16.5 Å². The average Bonchev–Trinajstić information content (AvgIpc) is 3.40. The number of H-pyrrole nitrogens is 1. The minimum Gasteiger partial charge on any atom is -0.475 e. The Hall–Kier alpha value is -3.66. The number of aromatic nitrogens is 5. The number of thiophene rings is 1. The predicted octanol–water partition coefficient (Wildman–Crippen LogP) is 2.82. The molecule has 0 aromatic carbocycles. The second-order valence-electron chi connectivity index (χ2n) is 6.53. The first kappa shape index (κ1) is 27.6. The van der Waals surface area contributed by atoms with Crippen molar-refractivity contribution in [2.24, 2.45) is 5.73 Å². The Kier molecular flexibility index (Phi) is 9.59. The Morgan fingerprint density at radius 1 is 1.26 bits per heavy atom. The van der Waals surface area contributed by atoms with E-state index in [-0.39, 0.29) is 30.9 Å². The van der Waals surface area contributed by atoms with Crippen LogP contribution in [-0.4, -0.2) is 55.1 Å². The Morgan fingerprint density at radius 3 is 2.40 bits per heavy atom. The van der Waals surface area contributed by atoms with Gasteiger partial charge in [0.25, 0.3) is 6.08 Å². The lowest BCUT2D eigenvalue weighted by Gasteiger charge is -2.06. The molecule has 0 atom stereocenters. The lowest BCUT2D eigenvalue weighted by molar-refractivity contribution is -0.192. The molecule has 3 aromatic rings. The number of aliphatic carboxylic acids is 1. The summed E-state index contributed by atoms with van der Waals surface area (Å²) in [6.07, 6.45) is -3.81. The summed E-state index contributed by atoms with van der Waals surface area (Å²) in [4.78, 5) is 31.0. The van der Waals surface area contributed by atoms with E-state index in [1.54, 1.807) is 12.4 Å². The fraction of sp³-hybridized carbons (Fsp3) is 0.316. The summed E-state index contributed by atoms with van der Waals surface area (Å²) in [6.45, 7) is 2.24. The van der Waals surface area contributed by atoms with Gasteiger partial charge in [-0.2, -0.15) is 27.1 Å². The number of rotatable bonds is 8. The normalized spacial score (nSPS) is 10.9. The van der Waals surface area contributed by atoms with Gasteiger partial charge in [0.05, 0.1) is 13.2 Å². The van der Waals surface area contributed by atoms with Gasteiger partial charge in [0.1, 0.15) is 5.82 Å². The Bertz CT molecular complexity index is 1220. The van der Waals surface area contributed by atoms with Gasteiger partial charge in [-0.15, -0.1) is 11.3 Å². The minimum atomic E-state index is -5.08. The second-order valence-corrected chi connectivity index (χ2v) is 7.70. The summed E-state index contributed by atoms with van der Waals surface area (Å²) < 4.78 is 64.0. The smallest absolute Gasteiger partial charge is 0.475 e. The first-order valence-corrected chi connectivity index (χ1v) is 10.5. The summed E-state index contributed by atoms with van der Waals surface area (Å²) in [5.41, 5.74) is 5.44. The molecule has 0 bridgehead atoms. The van der Waals surface area contributed by atoms with Crippen molar-refractivity contribution in [1.82, 2.24) is 24.7 Å². The molecule has 3 rings (SSSR count). The molecule has 0 spiro atoms. The van der Waals surface area contributed by atoms with Crippen LogP contribution in [0.25, 0.3) is 10.4 Å². The molecule has 0 saturated heterocycles. The van der Waals surface area contributed by atoms with Crippen LogP contribution >= 0.6 is 11.3 Å². The van der Waals surface area contributed by atoms with Crippen molar-refractivity contribution in [3.05, 3.63) is 57.4 Å². The van der Waals surface area contributed by atoms with Gasteiger partial charge < -0.3 is 15.6 Å². The molecule has 3 aromatic heterocycles. The largest absolute Gasteiger partial charge is 0.490 e. The highest BCUT2D eigenvalue weighted by Crippen LogP contribution is 2.28. The number of carboxylic acids is 1. The monoisotopic (exact) mass is 522 g/mol. The molecule has 0 unspecified atom stereocenters. The van der Waals surface area contributed by atoms with Crippen LogP contribution < -0.4 is 16.2 Å². The number of carboxylic acid groups (broad SMARTS) is 1. The summed E-state index contributed by atoms with van der Waals surface area (Å²) >= 11 is 1.44. The highest BCUT2D eigenvalue weighted by atomic mass is 32.1. The van der Waals surface area contributed by atoms with Crippen LogP contribution in [0.5, 0.6) is 6.01 Å². The zero-order chi connectivity index (χ0) is 26.2. The topological polar surface area (TPSA) is 149 Å². The molecule has 0 amide bonds. The second kappa shape index (κ2) is 12.2. The van der Waals surface area contributed by atoms with Crippen molar-refractivity contribution in [2.45, 2.75) is 26.1 Å². The molecule has 0 aliphatic heterocycles. The summed E-state index contributed by atoms with van der Waals surface area (Å²) in [7, 11) is 0. The molecular formula is C19H19F5N6O4S.